The van der Waals surface area contributed by atoms with Crippen LogP contribution in [-0.2, 0) is 20.8 Å². The zero-order chi connectivity index (χ0) is 21.8. The van der Waals surface area contributed by atoms with E-state index in [1.54, 1.807) is 18.1 Å². The summed E-state index contributed by atoms with van der Waals surface area (Å²) in [6, 6.07) is 6.71. The summed E-state index contributed by atoms with van der Waals surface area (Å²) in [5, 5.41) is 5.63. The molecule has 1 heterocycles. The van der Waals surface area contributed by atoms with Crippen molar-refractivity contribution >= 4 is 17.8 Å². The van der Waals surface area contributed by atoms with E-state index >= 15 is 0 Å². The molecule has 0 aliphatic carbocycles. The van der Waals surface area contributed by atoms with Crippen LogP contribution in [0.2, 0.25) is 0 Å². The van der Waals surface area contributed by atoms with Crippen LogP contribution in [0.1, 0.15) is 47.1 Å². The highest BCUT2D eigenvalue weighted by Gasteiger charge is 2.49. The van der Waals surface area contributed by atoms with E-state index in [4.69, 9.17) is 14.2 Å². The van der Waals surface area contributed by atoms with Crippen molar-refractivity contribution in [3.8, 4) is 0 Å². The van der Waals surface area contributed by atoms with Crippen LogP contribution in [0, 0.1) is 0 Å². The van der Waals surface area contributed by atoms with Crippen LogP contribution < -0.4 is 10.6 Å². The average Bonchev–Trinajstić information content (AvgIpc) is 2.80. The molecular weight excluding hydrogens is 374 g/mol. The Hall–Kier alpha value is -2.32. The Morgan fingerprint density at radius 1 is 1.28 bits per heavy atom. The van der Waals surface area contributed by atoms with E-state index in [0.29, 0.717) is 12.3 Å². The monoisotopic (exact) mass is 407 g/mol. The molecule has 0 bridgehead atoms. The Balaban J connectivity index is 2.02. The van der Waals surface area contributed by atoms with Gasteiger partial charge in [-0.1, -0.05) is 12.1 Å². The summed E-state index contributed by atoms with van der Waals surface area (Å²) in [6.07, 6.45) is -0.728. The third-order valence-electron chi connectivity index (χ3n) is 4.49. The second-order valence-electron chi connectivity index (χ2n) is 8.66. The molecule has 0 unspecified atom stereocenters. The predicted octanol–water partition coefficient (Wildman–Crippen LogP) is 3.72. The number of nitrogens with zero attached hydrogens (tertiary/aromatic N) is 1. The number of ether oxygens (including phenoxy) is 3. The minimum Gasteiger partial charge on any atom is -0.444 e. The Labute approximate surface area is 172 Å². The van der Waals surface area contributed by atoms with Crippen LogP contribution in [0.4, 0.5) is 15.3 Å². The highest BCUT2D eigenvalue weighted by molar-refractivity contribution is 5.89. The summed E-state index contributed by atoms with van der Waals surface area (Å²) in [7, 11) is 1.62. The molecule has 0 saturated carbocycles. The van der Waals surface area contributed by atoms with Gasteiger partial charge in [0.05, 0.1) is 18.8 Å². The molecule has 2 N–H and O–H groups in total. The first kappa shape index (κ1) is 23.0. The van der Waals surface area contributed by atoms with E-state index in [-0.39, 0.29) is 24.7 Å². The average molecular weight is 408 g/mol. The van der Waals surface area contributed by atoms with Gasteiger partial charge in [0.15, 0.2) is 0 Å². The number of rotatable bonds is 5. The maximum absolute atomic E-state index is 12.8. The summed E-state index contributed by atoms with van der Waals surface area (Å²) in [5.41, 5.74) is 0.165. The molecule has 8 heteroatoms. The van der Waals surface area contributed by atoms with Crippen molar-refractivity contribution in [2.24, 2.45) is 0 Å². The Morgan fingerprint density at radius 2 is 1.97 bits per heavy atom. The number of amides is 3. The molecule has 2 atom stereocenters. The second-order valence-corrected chi connectivity index (χ2v) is 8.66. The molecule has 1 saturated heterocycles. The Bertz CT molecular complexity index is 729. The summed E-state index contributed by atoms with van der Waals surface area (Å²) in [5.74, 6) is 0. The zero-order valence-corrected chi connectivity index (χ0v) is 18.4. The number of carbonyl (C=O) groups is 2. The van der Waals surface area contributed by atoms with Crippen molar-refractivity contribution in [2.75, 3.05) is 19.0 Å². The number of urea groups is 1. The number of hydrogen-bond acceptors (Lipinski definition) is 5. The van der Waals surface area contributed by atoms with Crippen molar-refractivity contribution < 1.29 is 23.8 Å². The molecule has 2 rings (SSSR count). The zero-order valence-electron chi connectivity index (χ0n) is 18.4. The first-order valence-electron chi connectivity index (χ1n) is 9.76. The van der Waals surface area contributed by atoms with Gasteiger partial charge in [0, 0.05) is 19.3 Å². The van der Waals surface area contributed by atoms with Gasteiger partial charge in [0.25, 0.3) is 0 Å². The van der Waals surface area contributed by atoms with Crippen LogP contribution in [0.5, 0.6) is 0 Å². The van der Waals surface area contributed by atoms with Crippen LogP contribution in [0.25, 0.3) is 0 Å². The lowest BCUT2D eigenvalue weighted by atomic mass is 10.1. The fraction of sp³-hybridized carbons (Fsp3) is 0.619. The summed E-state index contributed by atoms with van der Waals surface area (Å²) in [6.45, 7) is 11.7. The van der Waals surface area contributed by atoms with E-state index in [1.807, 2.05) is 59.7 Å². The van der Waals surface area contributed by atoms with Crippen molar-refractivity contribution in [1.82, 2.24) is 10.2 Å². The minimum atomic E-state index is -0.834. The van der Waals surface area contributed by atoms with Gasteiger partial charge in [-0.3, -0.25) is 4.90 Å². The number of nitrogens with one attached hydrogen (secondary N) is 2. The van der Waals surface area contributed by atoms with Crippen molar-refractivity contribution in [3.05, 3.63) is 29.8 Å². The molecule has 1 aliphatic rings. The molecule has 0 aromatic heterocycles. The normalized spacial score (nSPS) is 21.0. The smallest absolute Gasteiger partial charge is 0.412 e. The molecule has 0 radical (unpaired) electrons. The van der Waals surface area contributed by atoms with E-state index in [2.05, 4.69) is 10.6 Å². The quantitative estimate of drug-likeness (QED) is 0.777. The molecule has 8 nitrogen and oxygen atoms in total. The second kappa shape index (κ2) is 9.00. The van der Waals surface area contributed by atoms with Crippen LogP contribution in [0.15, 0.2) is 24.3 Å². The lowest BCUT2D eigenvalue weighted by Crippen LogP contribution is -2.53. The fourth-order valence-corrected chi connectivity index (χ4v) is 3.40. The maximum Gasteiger partial charge on any atom is 0.412 e. The number of hydrogen-bond donors (Lipinski definition) is 2. The molecule has 1 fully saturated rings. The van der Waals surface area contributed by atoms with Gasteiger partial charge >= 0.3 is 12.1 Å². The Morgan fingerprint density at radius 3 is 2.59 bits per heavy atom. The highest BCUT2D eigenvalue weighted by atomic mass is 16.6. The van der Waals surface area contributed by atoms with Crippen molar-refractivity contribution in [1.29, 1.82) is 0 Å². The molecule has 162 valence electrons. The van der Waals surface area contributed by atoms with E-state index in [0.717, 1.165) is 5.56 Å². The summed E-state index contributed by atoms with van der Waals surface area (Å²) >= 11 is 0. The number of benzene rings is 1. The Kier molecular flexibility index (Phi) is 7.13. The third kappa shape index (κ3) is 6.33. The third-order valence-corrected chi connectivity index (χ3v) is 4.49. The van der Waals surface area contributed by atoms with Crippen LogP contribution in [0.3, 0.4) is 0 Å². The van der Waals surface area contributed by atoms with Crippen molar-refractivity contribution in [2.45, 2.75) is 71.6 Å². The first-order chi connectivity index (χ1) is 13.4. The summed E-state index contributed by atoms with van der Waals surface area (Å²) < 4.78 is 16.6. The van der Waals surface area contributed by atoms with E-state index < -0.39 is 17.4 Å². The van der Waals surface area contributed by atoms with Crippen LogP contribution in [-0.4, -0.2) is 54.2 Å². The molecule has 3 amide bonds. The van der Waals surface area contributed by atoms with Crippen molar-refractivity contribution in [3.63, 3.8) is 0 Å². The number of methoxy groups -OCH3 is 1. The SMILES string of the molecule is COCc1cccc(NC(=O)NC[C@H]2[C@@H](C)OC(C)(C)N2C(=O)OC(C)(C)C)c1. The first-order valence-corrected chi connectivity index (χ1v) is 9.76. The van der Waals surface area contributed by atoms with Gasteiger partial charge in [-0.15, -0.1) is 0 Å². The lowest BCUT2D eigenvalue weighted by Gasteiger charge is -2.35. The van der Waals surface area contributed by atoms with E-state index in [9.17, 15) is 9.59 Å². The maximum atomic E-state index is 12.8. The van der Waals surface area contributed by atoms with Gasteiger partial charge in [0.2, 0.25) is 0 Å². The topological polar surface area (TPSA) is 89.1 Å². The molecule has 29 heavy (non-hydrogen) atoms. The number of carbonyl (C=O) groups excluding carboxylic acids is 2. The molecule has 1 aliphatic heterocycles. The largest absolute Gasteiger partial charge is 0.444 e. The standard InChI is InChI=1S/C21H33N3O5/c1-14-17(24(21(5,6)28-14)19(26)29-20(2,3)4)12-22-18(25)23-16-10-8-9-15(11-16)13-27-7/h8-11,14,17H,12-13H2,1-7H3,(H2,22,23,25)/t14-,17+/m1/s1. The van der Waals surface area contributed by atoms with Gasteiger partial charge in [0.1, 0.15) is 11.3 Å². The van der Waals surface area contributed by atoms with Gasteiger partial charge in [-0.05, 0) is 59.2 Å². The van der Waals surface area contributed by atoms with Crippen LogP contribution >= 0.6 is 0 Å². The van der Waals surface area contributed by atoms with Gasteiger partial charge in [-0.25, -0.2) is 9.59 Å². The van der Waals surface area contributed by atoms with Gasteiger partial charge in [-0.2, -0.15) is 0 Å². The van der Waals surface area contributed by atoms with E-state index in [1.165, 1.54) is 0 Å². The number of anilines is 1. The molecule has 0 spiro atoms. The predicted molar refractivity (Wildman–Crippen MR) is 111 cm³/mol. The molecule has 1 aromatic carbocycles. The highest BCUT2D eigenvalue weighted by Crippen LogP contribution is 2.33. The molecular formula is C21H33N3O5. The molecule has 1 aromatic rings. The van der Waals surface area contributed by atoms with Gasteiger partial charge < -0.3 is 24.8 Å². The summed E-state index contributed by atoms with van der Waals surface area (Å²) in [4.78, 5) is 26.7. The lowest BCUT2D eigenvalue weighted by molar-refractivity contribution is -0.0756. The fourth-order valence-electron chi connectivity index (χ4n) is 3.40. The minimum absolute atomic E-state index is 0.230.